The third kappa shape index (κ3) is 3.73. The number of para-hydroxylation sites is 1. The van der Waals surface area contributed by atoms with E-state index in [-0.39, 0.29) is 15.4 Å². The predicted molar refractivity (Wildman–Crippen MR) is 74.9 cm³/mol. The Morgan fingerprint density at radius 3 is 2.89 bits per heavy atom. The van der Waals surface area contributed by atoms with Gasteiger partial charge in [-0.05, 0) is 29.7 Å². The Morgan fingerprint density at radius 1 is 1.42 bits per heavy atom. The van der Waals surface area contributed by atoms with Crippen molar-refractivity contribution in [2.45, 2.75) is 6.42 Å². The number of anilines is 1. The van der Waals surface area contributed by atoms with Gasteiger partial charge in [-0.15, -0.1) is 10.2 Å². The summed E-state index contributed by atoms with van der Waals surface area (Å²) in [6, 6.07) is 7.56. The summed E-state index contributed by atoms with van der Waals surface area (Å²) in [6.45, 7) is 0.595. The molecule has 0 fully saturated rings. The lowest BCUT2D eigenvalue weighted by molar-refractivity contribution is 0.102. The van der Waals surface area contributed by atoms with Crippen LogP contribution < -0.4 is 5.32 Å². The van der Waals surface area contributed by atoms with E-state index in [4.69, 9.17) is 16.3 Å². The third-order valence-corrected chi connectivity index (χ3v) is 3.45. The number of nitrogens with one attached hydrogen (secondary N) is 1. The minimum atomic E-state index is -0.311. The first kappa shape index (κ1) is 13.9. The summed E-state index contributed by atoms with van der Waals surface area (Å²) in [5.74, 6) is -0.311. The Bertz CT molecular complexity index is 574. The van der Waals surface area contributed by atoms with Crippen LogP contribution >= 0.6 is 22.9 Å². The van der Waals surface area contributed by atoms with Crippen molar-refractivity contribution in [1.29, 1.82) is 0 Å². The Kier molecular flexibility index (Phi) is 4.84. The Labute approximate surface area is 119 Å². The first-order chi connectivity index (χ1) is 9.20. The first-order valence-corrected chi connectivity index (χ1v) is 6.77. The molecular formula is C12H12ClN3O2S. The van der Waals surface area contributed by atoms with Crippen LogP contribution in [-0.2, 0) is 11.2 Å². The number of carbonyl (C=O) groups excluding carboxylic acids is 1. The fraction of sp³-hybridized carbons (Fsp3) is 0.250. The van der Waals surface area contributed by atoms with Crippen LogP contribution in [0.15, 0.2) is 24.3 Å². The van der Waals surface area contributed by atoms with Crippen molar-refractivity contribution >= 4 is 34.5 Å². The number of rotatable bonds is 5. The second kappa shape index (κ2) is 6.60. The van der Waals surface area contributed by atoms with Gasteiger partial charge in [0.15, 0.2) is 0 Å². The highest BCUT2D eigenvalue weighted by Crippen LogP contribution is 2.19. The second-order valence-corrected chi connectivity index (χ2v) is 5.27. The molecule has 0 saturated heterocycles. The van der Waals surface area contributed by atoms with Crippen LogP contribution in [0.3, 0.4) is 0 Å². The highest BCUT2D eigenvalue weighted by atomic mass is 35.5. The fourth-order valence-corrected chi connectivity index (χ4v) is 2.27. The smallest absolute Gasteiger partial charge is 0.286 e. The Balaban J connectivity index is 2.12. The molecule has 0 aliphatic heterocycles. The SMILES string of the molecule is COCCc1ccccc1NC(=O)c1nnc(Cl)s1. The summed E-state index contributed by atoms with van der Waals surface area (Å²) >= 11 is 6.70. The average molecular weight is 298 g/mol. The van der Waals surface area contributed by atoms with Crippen LogP contribution in [0.25, 0.3) is 0 Å². The highest BCUT2D eigenvalue weighted by molar-refractivity contribution is 7.17. The van der Waals surface area contributed by atoms with Gasteiger partial charge in [0.05, 0.1) is 6.61 Å². The van der Waals surface area contributed by atoms with Crippen LogP contribution in [0.5, 0.6) is 0 Å². The molecule has 2 rings (SSSR count). The maximum Gasteiger partial charge on any atom is 0.286 e. The number of ether oxygens (including phenoxy) is 1. The molecule has 7 heteroatoms. The van der Waals surface area contributed by atoms with Crippen LogP contribution in [0, 0.1) is 0 Å². The number of methoxy groups -OCH3 is 1. The minimum absolute atomic E-state index is 0.242. The second-order valence-electron chi connectivity index (χ2n) is 3.71. The maximum atomic E-state index is 12.0. The van der Waals surface area contributed by atoms with Crippen molar-refractivity contribution in [2.24, 2.45) is 0 Å². The van der Waals surface area contributed by atoms with Crippen molar-refractivity contribution in [3.8, 4) is 0 Å². The number of benzene rings is 1. The molecule has 1 N–H and O–H groups in total. The molecule has 1 amide bonds. The van der Waals surface area contributed by atoms with E-state index in [1.165, 1.54) is 0 Å². The summed E-state index contributed by atoms with van der Waals surface area (Å²) in [7, 11) is 1.64. The average Bonchev–Trinajstić information content (AvgIpc) is 2.84. The number of carbonyl (C=O) groups is 1. The molecule has 0 aliphatic carbocycles. The van der Waals surface area contributed by atoms with Gasteiger partial charge in [-0.2, -0.15) is 0 Å². The molecular weight excluding hydrogens is 286 g/mol. The van der Waals surface area contributed by atoms with Crippen LogP contribution in [0.1, 0.15) is 15.4 Å². The number of aromatic nitrogens is 2. The largest absolute Gasteiger partial charge is 0.384 e. The summed E-state index contributed by atoms with van der Waals surface area (Å²) in [5.41, 5.74) is 1.75. The molecule has 0 spiro atoms. The zero-order chi connectivity index (χ0) is 13.7. The number of halogens is 1. The van der Waals surface area contributed by atoms with Crippen LogP contribution in [0.2, 0.25) is 4.47 Å². The zero-order valence-electron chi connectivity index (χ0n) is 10.2. The van der Waals surface area contributed by atoms with Crippen LogP contribution in [0.4, 0.5) is 5.69 Å². The van der Waals surface area contributed by atoms with Crippen LogP contribution in [-0.4, -0.2) is 29.8 Å². The van der Waals surface area contributed by atoms with E-state index in [9.17, 15) is 4.79 Å². The van der Waals surface area contributed by atoms with E-state index < -0.39 is 0 Å². The molecule has 1 aromatic carbocycles. The predicted octanol–water partition coefficient (Wildman–Crippen LogP) is 2.63. The standard InChI is InChI=1S/C12H12ClN3O2S/c1-18-7-6-8-4-2-3-5-9(8)14-10(17)11-15-16-12(13)19-11/h2-5H,6-7H2,1H3,(H,14,17). The lowest BCUT2D eigenvalue weighted by Gasteiger charge is -2.09. The van der Waals surface area contributed by atoms with Crippen molar-refractivity contribution in [3.63, 3.8) is 0 Å². The molecule has 2 aromatic rings. The molecule has 100 valence electrons. The van der Waals surface area contributed by atoms with E-state index in [1.807, 2.05) is 24.3 Å². The van der Waals surface area contributed by atoms with Gasteiger partial charge in [-0.1, -0.05) is 29.5 Å². The summed E-state index contributed by atoms with van der Waals surface area (Å²) in [5, 5.41) is 10.4. The van der Waals surface area contributed by atoms with Gasteiger partial charge < -0.3 is 10.1 Å². The van der Waals surface area contributed by atoms with Gasteiger partial charge in [0.25, 0.3) is 5.91 Å². The van der Waals surface area contributed by atoms with Crippen molar-refractivity contribution in [1.82, 2.24) is 10.2 Å². The monoisotopic (exact) mass is 297 g/mol. The molecule has 0 saturated carbocycles. The molecule has 0 radical (unpaired) electrons. The zero-order valence-corrected chi connectivity index (χ0v) is 11.8. The third-order valence-electron chi connectivity index (χ3n) is 2.44. The quantitative estimate of drug-likeness (QED) is 0.921. The fourth-order valence-electron chi connectivity index (χ4n) is 1.55. The summed E-state index contributed by atoms with van der Waals surface area (Å²) < 4.78 is 5.29. The Morgan fingerprint density at radius 2 is 2.21 bits per heavy atom. The normalized spacial score (nSPS) is 10.4. The van der Waals surface area contributed by atoms with Gasteiger partial charge in [-0.3, -0.25) is 4.79 Å². The van der Waals surface area contributed by atoms with Gasteiger partial charge in [0.2, 0.25) is 9.47 Å². The molecule has 1 heterocycles. The van der Waals surface area contributed by atoms with Gasteiger partial charge in [0, 0.05) is 12.8 Å². The summed E-state index contributed by atoms with van der Waals surface area (Å²) in [6.07, 6.45) is 0.726. The molecule has 19 heavy (non-hydrogen) atoms. The lowest BCUT2D eigenvalue weighted by Crippen LogP contribution is -2.13. The molecule has 1 aromatic heterocycles. The van der Waals surface area contributed by atoms with Gasteiger partial charge >= 0.3 is 0 Å². The maximum absolute atomic E-state index is 12.0. The van der Waals surface area contributed by atoms with Crippen molar-refractivity contribution < 1.29 is 9.53 Å². The molecule has 5 nitrogen and oxygen atoms in total. The van der Waals surface area contributed by atoms with E-state index in [0.29, 0.717) is 6.61 Å². The molecule has 0 aliphatic rings. The van der Waals surface area contributed by atoms with E-state index in [0.717, 1.165) is 29.0 Å². The minimum Gasteiger partial charge on any atom is -0.384 e. The van der Waals surface area contributed by atoms with Crippen molar-refractivity contribution in [3.05, 3.63) is 39.3 Å². The van der Waals surface area contributed by atoms with E-state index in [1.54, 1.807) is 7.11 Å². The van der Waals surface area contributed by atoms with Gasteiger partial charge in [-0.25, -0.2) is 0 Å². The number of hydrogen-bond donors (Lipinski definition) is 1. The number of hydrogen-bond acceptors (Lipinski definition) is 5. The van der Waals surface area contributed by atoms with Crippen molar-refractivity contribution in [2.75, 3.05) is 19.0 Å². The molecule has 0 atom stereocenters. The molecule has 0 bridgehead atoms. The van der Waals surface area contributed by atoms with Gasteiger partial charge in [0.1, 0.15) is 0 Å². The Hall–Kier alpha value is -1.50. The topological polar surface area (TPSA) is 64.1 Å². The number of amides is 1. The lowest BCUT2D eigenvalue weighted by atomic mass is 10.1. The molecule has 0 unspecified atom stereocenters. The van der Waals surface area contributed by atoms with E-state index in [2.05, 4.69) is 15.5 Å². The van der Waals surface area contributed by atoms with E-state index >= 15 is 0 Å². The number of nitrogens with zero attached hydrogens (tertiary/aromatic N) is 2. The summed E-state index contributed by atoms with van der Waals surface area (Å²) in [4.78, 5) is 12.0. The highest BCUT2D eigenvalue weighted by Gasteiger charge is 2.13. The first-order valence-electron chi connectivity index (χ1n) is 5.58.